The van der Waals surface area contributed by atoms with Gasteiger partial charge >= 0.3 is 0 Å². The van der Waals surface area contributed by atoms with Crippen LogP contribution in [-0.2, 0) is 17.8 Å². The topological polar surface area (TPSA) is 79.3 Å². The Morgan fingerprint density at radius 1 is 1.32 bits per heavy atom. The molecule has 1 atom stereocenters. The largest absolute Gasteiger partial charge is 0.370 e. The average molecular weight is 337 g/mol. The lowest BCUT2D eigenvalue weighted by atomic mass is 10.1. The number of fused-ring (bicyclic) bond motifs is 1. The third kappa shape index (κ3) is 4.02. The molecule has 2 aromatic rings. The van der Waals surface area contributed by atoms with Crippen molar-refractivity contribution in [1.29, 1.82) is 0 Å². The number of aromatic nitrogens is 2. The number of rotatable bonds is 5. The van der Waals surface area contributed by atoms with Crippen LogP contribution in [0.5, 0.6) is 0 Å². The van der Waals surface area contributed by atoms with E-state index in [0.29, 0.717) is 6.54 Å². The summed E-state index contributed by atoms with van der Waals surface area (Å²) in [6.45, 7) is 7.45. The van der Waals surface area contributed by atoms with Crippen molar-refractivity contribution >= 4 is 11.7 Å². The highest BCUT2D eigenvalue weighted by Gasteiger charge is 2.18. The number of hydrogen-bond donors (Lipinski definition) is 2. The fourth-order valence-electron chi connectivity index (χ4n) is 2.88. The number of hydrogen-bond acceptors (Lipinski definition) is 5. The van der Waals surface area contributed by atoms with Gasteiger partial charge in [0.15, 0.2) is 0 Å². The predicted molar refractivity (Wildman–Crippen MR) is 97.4 cm³/mol. The minimum absolute atomic E-state index is 0.0610. The van der Waals surface area contributed by atoms with Crippen LogP contribution in [0.2, 0.25) is 0 Å². The highest BCUT2D eigenvalue weighted by molar-refractivity contribution is 6.01. The van der Waals surface area contributed by atoms with Crippen LogP contribution in [0.25, 0.3) is 0 Å². The summed E-state index contributed by atoms with van der Waals surface area (Å²) in [7, 11) is 0. The van der Waals surface area contributed by atoms with Gasteiger partial charge in [0.1, 0.15) is 5.84 Å². The van der Waals surface area contributed by atoms with Gasteiger partial charge in [-0.3, -0.25) is 19.8 Å². The van der Waals surface area contributed by atoms with Crippen molar-refractivity contribution in [2.24, 2.45) is 4.99 Å². The Balaban J connectivity index is 1.62. The zero-order valence-electron chi connectivity index (χ0n) is 14.8. The summed E-state index contributed by atoms with van der Waals surface area (Å²) in [5.41, 5.74) is 4.89. The van der Waals surface area contributed by atoms with Crippen LogP contribution in [0.1, 0.15) is 48.0 Å². The number of nitrogens with zero attached hydrogens (tertiary/aromatic N) is 3. The molecule has 0 aliphatic carbocycles. The molecule has 2 N–H and O–H groups in total. The smallest absolute Gasteiger partial charge is 0.226 e. The summed E-state index contributed by atoms with van der Waals surface area (Å²) in [6, 6.07) is 5.76. The summed E-state index contributed by atoms with van der Waals surface area (Å²) in [4.78, 5) is 25.5. The van der Waals surface area contributed by atoms with Crippen LogP contribution < -0.4 is 10.6 Å². The molecule has 0 radical (unpaired) electrons. The zero-order chi connectivity index (χ0) is 17.8. The van der Waals surface area contributed by atoms with Gasteiger partial charge in [-0.1, -0.05) is 0 Å². The fourth-order valence-corrected chi connectivity index (χ4v) is 2.88. The Hall–Kier alpha value is -2.76. The Kier molecular flexibility index (Phi) is 5.07. The lowest BCUT2D eigenvalue weighted by Gasteiger charge is -2.14. The van der Waals surface area contributed by atoms with Gasteiger partial charge < -0.3 is 10.6 Å². The van der Waals surface area contributed by atoms with Gasteiger partial charge in [0.05, 0.1) is 30.4 Å². The van der Waals surface area contributed by atoms with Crippen LogP contribution in [0, 0.1) is 6.92 Å². The molecule has 25 heavy (non-hydrogen) atoms. The second kappa shape index (κ2) is 7.42. The van der Waals surface area contributed by atoms with E-state index in [0.717, 1.165) is 40.5 Å². The molecule has 6 nitrogen and oxygen atoms in total. The van der Waals surface area contributed by atoms with E-state index in [1.165, 1.54) is 0 Å². The van der Waals surface area contributed by atoms with E-state index in [-0.39, 0.29) is 18.4 Å². The number of amides is 1. The van der Waals surface area contributed by atoms with Gasteiger partial charge in [0, 0.05) is 24.5 Å². The van der Waals surface area contributed by atoms with Crippen LogP contribution in [0.15, 0.2) is 35.6 Å². The Bertz CT molecular complexity index is 815. The van der Waals surface area contributed by atoms with Gasteiger partial charge in [-0.05, 0) is 50.1 Å². The Morgan fingerprint density at radius 3 is 2.92 bits per heavy atom. The summed E-state index contributed by atoms with van der Waals surface area (Å²) < 4.78 is 0. The second-order valence-corrected chi connectivity index (χ2v) is 6.25. The molecule has 2 aromatic heterocycles. The molecule has 0 aromatic carbocycles. The first-order valence-electron chi connectivity index (χ1n) is 8.55. The van der Waals surface area contributed by atoms with Crippen LogP contribution in [-0.4, -0.2) is 28.3 Å². The maximum absolute atomic E-state index is 12.3. The van der Waals surface area contributed by atoms with Crippen LogP contribution in [0.4, 0.5) is 0 Å². The first kappa shape index (κ1) is 17.1. The average Bonchev–Trinajstić information content (AvgIpc) is 2.97. The molecular weight excluding hydrogens is 314 g/mol. The molecular formula is C19H23N5O. The number of aryl methyl sites for hydroxylation is 1. The molecule has 3 rings (SSSR count). The maximum Gasteiger partial charge on any atom is 0.226 e. The number of carbonyl (C=O) groups excluding carboxylic acids is 1. The number of amidine groups is 1. The molecule has 130 valence electrons. The molecule has 0 spiro atoms. The second-order valence-electron chi connectivity index (χ2n) is 6.25. The van der Waals surface area contributed by atoms with Crippen molar-refractivity contribution < 1.29 is 4.79 Å². The summed E-state index contributed by atoms with van der Waals surface area (Å²) in [5.74, 6) is 0.828. The Morgan fingerprint density at radius 2 is 2.16 bits per heavy atom. The van der Waals surface area contributed by atoms with E-state index in [4.69, 9.17) is 0 Å². The van der Waals surface area contributed by atoms with Crippen molar-refractivity contribution in [2.75, 3.05) is 6.54 Å². The van der Waals surface area contributed by atoms with E-state index in [9.17, 15) is 4.79 Å². The lowest BCUT2D eigenvalue weighted by molar-refractivity contribution is -0.121. The van der Waals surface area contributed by atoms with Gasteiger partial charge in [-0.15, -0.1) is 0 Å². The Labute approximate surface area is 147 Å². The van der Waals surface area contributed by atoms with Crippen molar-refractivity contribution in [3.63, 3.8) is 0 Å². The van der Waals surface area contributed by atoms with Crippen LogP contribution >= 0.6 is 0 Å². The molecule has 3 heterocycles. The van der Waals surface area contributed by atoms with E-state index >= 15 is 0 Å². The monoisotopic (exact) mass is 337 g/mol. The zero-order valence-corrected chi connectivity index (χ0v) is 14.8. The van der Waals surface area contributed by atoms with Gasteiger partial charge in [-0.2, -0.15) is 0 Å². The number of nitrogens with one attached hydrogen (secondary N) is 2. The van der Waals surface area contributed by atoms with Crippen molar-refractivity contribution in [2.45, 2.75) is 39.8 Å². The molecule has 1 aliphatic rings. The number of aliphatic imine (C=N–C) groups is 1. The molecule has 0 saturated carbocycles. The lowest BCUT2D eigenvalue weighted by Crippen LogP contribution is -2.29. The molecule has 1 aliphatic heterocycles. The van der Waals surface area contributed by atoms with Crippen molar-refractivity contribution in [3.05, 3.63) is 58.7 Å². The molecule has 0 fully saturated rings. The molecule has 0 saturated heterocycles. The minimum Gasteiger partial charge on any atom is -0.370 e. The van der Waals surface area contributed by atoms with Crippen molar-refractivity contribution in [3.8, 4) is 0 Å². The maximum atomic E-state index is 12.3. The normalized spacial score (nSPS) is 13.8. The molecule has 0 bridgehead atoms. The standard InChI is InChI=1S/C19H23N5O/c1-4-20-19-16-11-22-15(8-14(16)10-23-19)9-18(25)24-13(3)17-7-12(2)5-6-21-17/h5-8,11,13H,4,9-10H2,1-3H3,(H,20,23)(H,24,25). The predicted octanol–water partition coefficient (Wildman–Crippen LogP) is 2.07. The quantitative estimate of drug-likeness (QED) is 0.875. The van der Waals surface area contributed by atoms with Gasteiger partial charge in [0.2, 0.25) is 5.91 Å². The summed E-state index contributed by atoms with van der Waals surface area (Å²) >= 11 is 0. The summed E-state index contributed by atoms with van der Waals surface area (Å²) in [6.07, 6.45) is 3.81. The third-order valence-electron chi connectivity index (χ3n) is 4.15. The first-order valence-corrected chi connectivity index (χ1v) is 8.55. The fraction of sp³-hybridized carbons (Fsp3) is 0.368. The third-order valence-corrected chi connectivity index (χ3v) is 4.15. The number of pyridine rings is 2. The molecule has 1 unspecified atom stereocenters. The minimum atomic E-state index is -0.134. The van der Waals surface area contributed by atoms with E-state index in [1.807, 2.05) is 39.0 Å². The van der Waals surface area contributed by atoms with Crippen LogP contribution in [0.3, 0.4) is 0 Å². The van der Waals surface area contributed by atoms with Gasteiger partial charge in [0.25, 0.3) is 0 Å². The summed E-state index contributed by atoms with van der Waals surface area (Å²) in [5, 5.41) is 6.22. The first-order chi connectivity index (χ1) is 12.1. The van der Waals surface area contributed by atoms with E-state index in [2.05, 4.69) is 25.6 Å². The van der Waals surface area contributed by atoms with Gasteiger partial charge in [-0.25, -0.2) is 0 Å². The van der Waals surface area contributed by atoms with Crippen molar-refractivity contribution in [1.82, 2.24) is 20.6 Å². The number of carbonyl (C=O) groups is 1. The van der Waals surface area contributed by atoms with E-state index < -0.39 is 0 Å². The molecule has 1 amide bonds. The SMILES string of the molecule is CCNC1=NCc2cc(CC(=O)NC(C)c3cc(C)ccn3)ncc21. The van der Waals surface area contributed by atoms with E-state index in [1.54, 1.807) is 12.4 Å². The highest BCUT2D eigenvalue weighted by atomic mass is 16.1. The molecule has 6 heteroatoms. The highest BCUT2D eigenvalue weighted by Crippen LogP contribution is 2.18.